The molecule has 1 aromatic rings. The van der Waals surface area contributed by atoms with Crippen LogP contribution in [0, 0.1) is 5.92 Å². The van der Waals surface area contributed by atoms with Crippen LogP contribution in [-0.4, -0.2) is 62.4 Å². The van der Waals surface area contributed by atoms with Gasteiger partial charge in [0.05, 0.1) is 6.54 Å². The van der Waals surface area contributed by atoms with Crippen LogP contribution in [0.1, 0.15) is 25.3 Å². The molecule has 0 spiro atoms. The summed E-state index contributed by atoms with van der Waals surface area (Å²) in [5, 5.41) is 9.03. The van der Waals surface area contributed by atoms with Crippen molar-refractivity contribution < 1.29 is 9.59 Å². The van der Waals surface area contributed by atoms with Crippen molar-refractivity contribution in [1.82, 2.24) is 20.9 Å². The second-order valence-corrected chi connectivity index (χ2v) is 6.80. The lowest BCUT2D eigenvalue weighted by molar-refractivity contribution is -0.127. The molecule has 148 valence electrons. The summed E-state index contributed by atoms with van der Waals surface area (Å²) in [5.74, 6) is 0.986. The highest BCUT2D eigenvalue weighted by Gasteiger charge is 2.29. The molecule has 1 heterocycles. The fourth-order valence-corrected chi connectivity index (χ4v) is 3.07. The van der Waals surface area contributed by atoms with Crippen molar-refractivity contribution in [3.8, 4) is 0 Å². The summed E-state index contributed by atoms with van der Waals surface area (Å²) in [6.07, 6.45) is 2.34. The van der Waals surface area contributed by atoms with E-state index in [0.717, 1.165) is 25.9 Å². The van der Waals surface area contributed by atoms with Gasteiger partial charge in [-0.05, 0) is 18.4 Å². The summed E-state index contributed by atoms with van der Waals surface area (Å²) < 4.78 is 0. The normalized spacial score (nSPS) is 17.1. The van der Waals surface area contributed by atoms with E-state index in [-0.39, 0.29) is 24.3 Å². The summed E-state index contributed by atoms with van der Waals surface area (Å²) in [5.41, 5.74) is 1.25. The van der Waals surface area contributed by atoms with E-state index in [1.54, 1.807) is 7.05 Å². The van der Waals surface area contributed by atoms with Gasteiger partial charge in [-0.2, -0.15) is 0 Å². The van der Waals surface area contributed by atoms with Crippen molar-refractivity contribution in [2.45, 2.75) is 26.2 Å². The fourth-order valence-electron chi connectivity index (χ4n) is 3.07. The molecule has 0 saturated carbocycles. The molecule has 0 radical (unpaired) electrons. The van der Waals surface area contributed by atoms with Crippen molar-refractivity contribution in [3.63, 3.8) is 0 Å². The quantitative estimate of drug-likeness (QED) is 0.441. The van der Waals surface area contributed by atoms with Gasteiger partial charge < -0.3 is 20.9 Å². The van der Waals surface area contributed by atoms with Crippen molar-refractivity contribution in [2.24, 2.45) is 10.9 Å². The van der Waals surface area contributed by atoms with Crippen LogP contribution < -0.4 is 16.0 Å². The second-order valence-electron chi connectivity index (χ2n) is 6.80. The Morgan fingerprint density at radius 1 is 1.22 bits per heavy atom. The molecule has 7 heteroatoms. The molecule has 1 aromatic carbocycles. The Kier molecular flexibility index (Phi) is 8.61. The Morgan fingerprint density at radius 3 is 2.70 bits per heavy atom. The highest BCUT2D eigenvalue weighted by molar-refractivity contribution is 5.86. The second kappa shape index (κ2) is 11.2. The minimum absolute atomic E-state index is 0.0528. The van der Waals surface area contributed by atoms with E-state index in [1.165, 1.54) is 5.56 Å². The first-order valence-corrected chi connectivity index (χ1v) is 9.65. The lowest BCUT2D eigenvalue weighted by Gasteiger charge is -2.18. The summed E-state index contributed by atoms with van der Waals surface area (Å²) in [4.78, 5) is 30.0. The number of amides is 2. The smallest absolute Gasteiger partial charge is 0.239 e. The fraction of sp³-hybridized carbons (Fsp3) is 0.550. The minimum atomic E-state index is -0.0528. The van der Waals surface area contributed by atoms with E-state index in [9.17, 15) is 9.59 Å². The van der Waals surface area contributed by atoms with Crippen molar-refractivity contribution in [2.75, 3.05) is 39.8 Å². The first kappa shape index (κ1) is 20.7. The van der Waals surface area contributed by atoms with Gasteiger partial charge >= 0.3 is 0 Å². The van der Waals surface area contributed by atoms with E-state index in [0.29, 0.717) is 25.5 Å². The molecule has 0 aliphatic carbocycles. The first-order valence-electron chi connectivity index (χ1n) is 9.65. The number of carbonyl (C=O) groups excluding carboxylic acids is 2. The van der Waals surface area contributed by atoms with Gasteiger partial charge in [-0.15, -0.1) is 0 Å². The molecule has 0 bridgehead atoms. The zero-order chi connectivity index (χ0) is 19.5. The predicted molar refractivity (Wildman–Crippen MR) is 107 cm³/mol. The molecule has 1 saturated heterocycles. The maximum Gasteiger partial charge on any atom is 0.239 e. The molecule has 1 atom stereocenters. The number of hydrogen-bond donors (Lipinski definition) is 3. The predicted octanol–water partition coefficient (Wildman–Crippen LogP) is 0.769. The number of nitrogens with one attached hydrogen (secondary N) is 3. The van der Waals surface area contributed by atoms with Gasteiger partial charge in [0.2, 0.25) is 11.8 Å². The molecule has 3 N–H and O–H groups in total. The lowest BCUT2D eigenvalue weighted by Crippen LogP contribution is -2.44. The van der Waals surface area contributed by atoms with Gasteiger partial charge in [0, 0.05) is 45.6 Å². The maximum absolute atomic E-state index is 12.2. The molecule has 2 rings (SSSR count). The maximum atomic E-state index is 12.2. The number of likely N-dealkylation sites (tertiary alicyclic amines) is 1. The molecular weight excluding hydrogens is 342 g/mol. The molecule has 7 nitrogen and oxygen atoms in total. The highest BCUT2D eigenvalue weighted by Crippen LogP contribution is 2.17. The molecule has 1 fully saturated rings. The largest absolute Gasteiger partial charge is 0.356 e. The lowest BCUT2D eigenvalue weighted by atomic mass is 10.1. The number of hydrogen-bond acceptors (Lipinski definition) is 3. The Labute approximate surface area is 161 Å². The van der Waals surface area contributed by atoms with Crippen molar-refractivity contribution >= 4 is 17.8 Å². The number of benzene rings is 1. The summed E-state index contributed by atoms with van der Waals surface area (Å²) in [6.45, 7) is 5.04. The van der Waals surface area contributed by atoms with E-state index in [2.05, 4.69) is 33.1 Å². The van der Waals surface area contributed by atoms with Crippen LogP contribution in [0.15, 0.2) is 35.3 Å². The van der Waals surface area contributed by atoms with Gasteiger partial charge in [-0.1, -0.05) is 37.3 Å². The van der Waals surface area contributed by atoms with E-state index in [4.69, 9.17) is 0 Å². The Hall–Kier alpha value is -2.57. The van der Waals surface area contributed by atoms with Crippen LogP contribution >= 0.6 is 0 Å². The highest BCUT2D eigenvalue weighted by atomic mass is 16.2. The Bertz CT molecular complexity index is 633. The average Bonchev–Trinajstić information content (AvgIpc) is 3.05. The van der Waals surface area contributed by atoms with E-state index < -0.39 is 0 Å². The summed E-state index contributed by atoms with van der Waals surface area (Å²) >= 11 is 0. The van der Waals surface area contributed by atoms with Crippen LogP contribution in [0.5, 0.6) is 0 Å². The summed E-state index contributed by atoms with van der Waals surface area (Å²) in [6, 6.07) is 10.2. The number of guanidine groups is 1. The van der Waals surface area contributed by atoms with Gasteiger partial charge in [-0.3, -0.25) is 14.6 Å². The van der Waals surface area contributed by atoms with Crippen LogP contribution in [-0.2, 0) is 16.0 Å². The van der Waals surface area contributed by atoms with Gasteiger partial charge in [-0.25, -0.2) is 0 Å². The molecule has 1 unspecified atom stereocenters. The van der Waals surface area contributed by atoms with Gasteiger partial charge in [0.1, 0.15) is 0 Å². The molecule has 1 aliphatic heterocycles. The zero-order valence-electron chi connectivity index (χ0n) is 16.3. The minimum Gasteiger partial charge on any atom is -0.356 e. The molecule has 2 amide bonds. The van der Waals surface area contributed by atoms with Gasteiger partial charge in [0.15, 0.2) is 5.96 Å². The standard InChI is InChI=1S/C20H31N5O2/c1-3-10-22-18(26)14-24-20(21-2)23-13-17-12-19(27)25(15-17)11-9-16-7-5-4-6-8-16/h4-8,17H,3,9-15H2,1-2H3,(H,22,26)(H2,21,23,24). The SMILES string of the molecule is CCCNC(=O)CNC(=NC)NCC1CC(=O)N(CCc2ccccc2)C1. The number of nitrogens with zero attached hydrogens (tertiary/aromatic N) is 2. The molecular formula is C20H31N5O2. The molecule has 0 aromatic heterocycles. The molecule has 1 aliphatic rings. The number of carbonyl (C=O) groups is 2. The van der Waals surface area contributed by atoms with Crippen LogP contribution in [0.2, 0.25) is 0 Å². The number of rotatable bonds is 9. The number of aliphatic imine (C=N–C) groups is 1. The Balaban J connectivity index is 1.69. The van der Waals surface area contributed by atoms with E-state index >= 15 is 0 Å². The van der Waals surface area contributed by atoms with E-state index in [1.807, 2.05) is 30.0 Å². The summed E-state index contributed by atoms with van der Waals surface area (Å²) in [7, 11) is 1.67. The molecule has 27 heavy (non-hydrogen) atoms. The van der Waals surface area contributed by atoms with Crippen LogP contribution in [0.25, 0.3) is 0 Å². The topological polar surface area (TPSA) is 85.8 Å². The van der Waals surface area contributed by atoms with Crippen molar-refractivity contribution in [1.29, 1.82) is 0 Å². The van der Waals surface area contributed by atoms with Gasteiger partial charge in [0.25, 0.3) is 0 Å². The monoisotopic (exact) mass is 373 g/mol. The zero-order valence-corrected chi connectivity index (χ0v) is 16.3. The third kappa shape index (κ3) is 7.29. The third-order valence-corrected chi connectivity index (χ3v) is 4.58. The van der Waals surface area contributed by atoms with Crippen LogP contribution in [0.4, 0.5) is 0 Å². The Morgan fingerprint density at radius 2 is 2.00 bits per heavy atom. The van der Waals surface area contributed by atoms with Crippen molar-refractivity contribution in [3.05, 3.63) is 35.9 Å². The average molecular weight is 374 g/mol. The third-order valence-electron chi connectivity index (χ3n) is 4.58. The van der Waals surface area contributed by atoms with Crippen LogP contribution in [0.3, 0.4) is 0 Å². The first-order chi connectivity index (χ1) is 13.1.